The summed E-state index contributed by atoms with van der Waals surface area (Å²) >= 11 is 0. The third-order valence-corrected chi connectivity index (χ3v) is 4.13. The number of hydrogen-bond acceptors (Lipinski definition) is 2. The SMILES string of the molecule is CCCCC[C@@H](CCC)O[C]O[C@H]1CC[C@H](C)CC1. The molecule has 19 heavy (non-hydrogen) atoms. The molecule has 2 nitrogen and oxygen atoms in total. The van der Waals surface area contributed by atoms with Crippen molar-refractivity contribution in [2.24, 2.45) is 5.92 Å². The van der Waals surface area contributed by atoms with E-state index in [1.165, 1.54) is 38.5 Å². The smallest absolute Gasteiger partial charge is 0.292 e. The lowest BCUT2D eigenvalue weighted by molar-refractivity contribution is -0.0688. The first kappa shape index (κ1) is 17.0. The number of hydrogen-bond donors (Lipinski definition) is 0. The topological polar surface area (TPSA) is 18.5 Å². The van der Waals surface area contributed by atoms with Crippen LogP contribution in [-0.2, 0) is 9.47 Å². The molecule has 2 heteroatoms. The molecular weight excluding hydrogens is 236 g/mol. The predicted molar refractivity (Wildman–Crippen MR) is 79.7 cm³/mol. The van der Waals surface area contributed by atoms with E-state index in [1.54, 1.807) is 0 Å². The molecule has 2 radical (unpaired) electrons. The molecule has 1 fully saturated rings. The minimum atomic E-state index is 0.305. The summed E-state index contributed by atoms with van der Waals surface area (Å²) in [6.45, 7) is 9.55. The maximum atomic E-state index is 5.69. The van der Waals surface area contributed by atoms with Crippen LogP contribution in [0.25, 0.3) is 0 Å². The van der Waals surface area contributed by atoms with Crippen LogP contribution in [0.4, 0.5) is 0 Å². The van der Waals surface area contributed by atoms with Gasteiger partial charge in [-0.05, 0) is 44.4 Å². The maximum absolute atomic E-state index is 5.69. The first-order valence-corrected chi connectivity index (χ1v) is 8.32. The molecule has 1 aliphatic carbocycles. The van der Waals surface area contributed by atoms with E-state index >= 15 is 0 Å². The molecule has 0 aromatic heterocycles. The van der Waals surface area contributed by atoms with E-state index in [4.69, 9.17) is 9.47 Å². The van der Waals surface area contributed by atoms with Crippen molar-refractivity contribution in [2.75, 3.05) is 0 Å². The highest BCUT2D eigenvalue weighted by atomic mass is 16.7. The molecule has 0 aromatic carbocycles. The molecule has 0 heterocycles. The van der Waals surface area contributed by atoms with Crippen molar-refractivity contribution in [1.82, 2.24) is 0 Å². The highest BCUT2D eigenvalue weighted by molar-refractivity contribution is 4.70. The van der Waals surface area contributed by atoms with Crippen LogP contribution < -0.4 is 0 Å². The summed E-state index contributed by atoms with van der Waals surface area (Å²) in [5, 5.41) is 0. The Hall–Kier alpha value is -0.0800. The highest BCUT2D eigenvalue weighted by Crippen LogP contribution is 2.26. The van der Waals surface area contributed by atoms with Gasteiger partial charge in [-0.25, -0.2) is 0 Å². The third kappa shape index (κ3) is 7.94. The van der Waals surface area contributed by atoms with Gasteiger partial charge in [-0.1, -0.05) is 46.5 Å². The zero-order valence-electron chi connectivity index (χ0n) is 13.1. The van der Waals surface area contributed by atoms with Gasteiger partial charge in [0.1, 0.15) is 0 Å². The maximum Gasteiger partial charge on any atom is 0.292 e. The van der Waals surface area contributed by atoms with Crippen LogP contribution in [0.15, 0.2) is 0 Å². The van der Waals surface area contributed by atoms with E-state index in [9.17, 15) is 0 Å². The highest BCUT2D eigenvalue weighted by Gasteiger charge is 2.19. The fourth-order valence-corrected chi connectivity index (χ4v) is 2.72. The van der Waals surface area contributed by atoms with Gasteiger partial charge in [0.05, 0.1) is 12.2 Å². The molecule has 0 unspecified atom stereocenters. The fraction of sp³-hybridized carbons (Fsp3) is 0.941. The third-order valence-electron chi connectivity index (χ3n) is 4.13. The Kier molecular flexibility index (Phi) is 9.54. The van der Waals surface area contributed by atoms with Gasteiger partial charge in [0.2, 0.25) is 0 Å². The van der Waals surface area contributed by atoms with E-state index in [1.807, 2.05) is 0 Å². The minimum Gasteiger partial charge on any atom is -0.337 e. The normalized spacial score (nSPS) is 25.4. The van der Waals surface area contributed by atoms with Gasteiger partial charge >= 0.3 is 0 Å². The minimum absolute atomic E-state index is 0.305. The molecule has 1 saturated carbocycles. The van der Waals surface area contributed by atoms with Crippen molar-refractivity contribution >= 4 is 0 Å². The second-order valence-electron chi connectivity index (χ2n) is 6.11. The standard InChI is InChI=1S/C17H32O2/c1-4-6-7-9-16(8-5-2)18-14-19-17-12-10-15(3)11-13-17/h15-17H,4-13H2,1-3H3/t15-,16-,17-/m1/s1. The van der Waals surface area contributed by atoms with Crippen molar-refractivity contribution in [3.63, 3.8) is 0 Å². The summed E-state index contributed by atoms with van der Waals surface area (Å²) in [5.74, 6) is 0.864. The van der Waals surface area contributed by atoms with Crippen molar-refractivity contribution < 1.29 is 9.47 Å². The van der Waals surface area contributed by atoms with Crippen LogP contribution in [0.2, 0.25) is 0 Å². The lowest BCUT2D eigenvalue weighted by atomic mass is 9.89. The monoisotopic (exact) mass is 268 g/mol. The van der Waals surface area contributed by atoms with Crippen LogP contribution in [0, 0.1) is 12.7 Å². The van der Waals surface area contributed by atoms with Crippen molar-refractivity contribution in [1.29, 1.82) is 0 Å². The Morgan fingerprint density at radius 2 is 1.74 bits per heavy atom. The van der Waals surface area contributed by atoms with E-state index in [0.29, 0.717) is 12.2 Å². The molecule has 0 N–H and O–H groups in total. The average Bonchev–Trinajstić information content (AvgIpc) is 2.41. The van der Waals surface area contributed by atoms with Crippen LogP contribution in [0.3, 0.4) is 0 Å². The lowest BCUT2D eigenvalue weighted by Crippen LogP contribution is -2.21. The van der Waals surface area contributed by atoms with Gasteiger partial charge in [0.15, 0.2) is 0 Å². The summed E-state index contributed by atoms with van der Waals surface area (Å²) < 4.78 is 11.3. The Labute approximate surface area is 120 Å². The molecule has 0 saturated heterocycles. The zero-order chi connectivity index (χ0) is 13.9. The summed E-state index contributed by atoms with van der Waals surface area (Å²) in [6.07, 6.45) is 12.8. The van der Waals surface area contributed by atoms with Gasteiger partial charge in [0.25, 0.3) is 6.79 Å². The molecule has 0 aliphatic heterocycles. The lowest BCUT2D eigenvalue weighted by Gasteiger charge is -2.26. The molecule has 0 aromatic rings. The summed E-state index contributed by atoms with van der Waals surface area (Å²) in [7, 11) is 0. The second-order valence-corrected chi connectivity index (χ2v) is 6.11. The number of ether oxygens (including phenoxy) is 2. The van der Waals surface area contributed by atoms with Crippen LogP contribution >= 0.6 is 0 Å². The van der Waals surface area contributed by atoms with Crippen LogP contribution in [-0.4, -0.2) is 12.2 Å². The first-order chi connectivity index (χ1) is 9.26. The van der Waals surface area contributed by atoms with E-state index in [-0.39, 0.29) is 0 Å². The Balaban J connectivity index is 2.09. The van der Waals surface area contributed by atoms with E-state index < -0.39 is 0 Å². The Bertz CT molecular complexity index is 197. The number of rotatable bonds is 10. The number of unbranched alkanes of at least 4 members (excludes halogenated alkanes) is 2. The molecular formula is C17H32O2. The van der Waals surface area contributed by atoms with Crippen molar-refractivity contribution in [2.45, 2.75) is 97.2 Å². The quantitative estimate of drug-likeness (QED) is 0.498. The van der Waals surface area contributed by atoms with Gasteiger partial charge in [-0.2, -0.15) is 0 Å². The molecule has 1 atom stereocenters. The van der Waals surface area contributed by atoms with Gasteiger partial charge < -0.3 is 9.47 Å². The van der Waals surface area contributed by atoms with Crippen molar-refractivity contribution in [3.05, 3.63) is 6.79 Å². The van der Waals surface area contributed by atoms with Gasteiger partial charge in [-0.15, -0.1) is 0 Å². The first-order valence-electron chi connectivity index (χ1n) is 8.32. The van der Waals surface area contributed by atoms with Crippen molar-refractivity contribution in [3.8, 4) is 0 Å². The zero-order valence-corrected chi connectivity index (χ0v) is 13.1. The molecule has 112 valence electrons. The fourth-order valence-electron chi connectivity index (χ4n) is 2.72. The Morgan fingerprint density at radius 3 is 2.37 bits per heavy atom. The molecule has 0 spiro atoms. The molecule has 0 amide bonds. The molecule has 1 rings (SSSR count). The molecule has 0 bridgehead atoms. The summed E-state index contributed by atoms with van der Waals surface area (Å²) in [5.41, 5.74) is 0. The predicted octanol–water partition coefficient (Wildman–Crippen LogP) is 5.34. The van der Waals surface area contributed by atoms with E-state index in [2.05, 4.69) is 27.6 Å². The Morgan fingerprint density at radius 1 is 1.00 bits per heavy atom. The summed E-state index contributed by atoms with van der Waals surface area (Å²) in [6, 6.07) is 0. The van der Waals surface area contributed by atoms with Crippen LogP contribution in [0.5, 0.6) is 0 Å². The van der Waals surface area contributed by atoms with E-state index in [0.717, 1.165) is 31.6 Å². The molecule has 1 aliphatic rings. The average molecular weight is 268 g/mol. The summed E-state index contributed by atoms with van der Waals surface area (Å²) in [4.78, 5) is 0. The van der Waals surface area contributed by atoms with Crippen LogP contribution in [0.1, 0.15) is 85.0 Å². The largest absolute Gasteiger partial charge is 0.337 e. The second kappa shape index (κ2) is 10.7. The van der Waals surface area contributed by atoms with Gasteiger partial charge in [0, 0.05) is 0 Å². The van der Waals surface area contributed by atoms with Gasteiger partial charge in [-0.3, -0.25) is 0 Å².